The molecule has 0 radical (unpaired) electrons. The third-order valence-corrected chi connectivity index (χ3v) is 5.32. The summed E-state index contributed by atoms with van der Waals surface area (Å²) in [7, 11) is 0. The number of nitrogens with one attached hydrogen (secondary N) is 1. The number of ether oxygens (including phenoxy) is 1. The maximum atomic E-state index is 13.3. The molecule has 154 valence electrons. The van der Waals surface area contributed by atoms with E-state index in [9.17, 15) is 9.18 Å². The largest absolute Gasteiger partial charge is 0.489 e. The fourth-order valence-electron chi connectivity index (χ4n) is 3.70. The number of anilines is 1. The van der Waals surface area contributed by atoms with Gasteiger partial charge in [-0.05, 0) is 47.9 Å². The summed E-state index contributed by atoms with van der Waals surface area (Å²) >= 11 is 0. The Balaban J connectivity index is 1.50. The smallest absolute Gasteiger partial charge is 0.222 e. The van der Waals surface area contributed by atoms with Crippen LogP contribution >= 0.6 is 0 Å². The Bertz CT molecular complexity index is 1010. The molecule has 5 heteroatoms. The van der Waals surface area contributed by atoms with E-state index in [1.165, 1.54) is 12.1 Å². The molecule has 4 rings (SSSR count). The van der Waals surface area contributed by atoms with Crippen molar-refractivity contribution in [2.24, 2.45) is 0 Å². The minimum Gasteiger partial charge on any atom is -0.489 e. The molecule has 3 aromatic rings. The second kappa shape index (κ2) is 8.99. The minimum atomic E-state index is -0.256. The van der Waals surface area contributed by atoms with Gasteiger partial charge in [0.1, 0.15) is 18.2 Å². The van der Waals surface area contributed by atoms with Gasteiger partial charge < -0.3 is 15.0 Å². The van der Waals surface area contributed by atoms with Gasteiger partial charge in [0.15, 0.2) is 0 Å². The van der Waals surface area contributed by atoms with Crippen molar-refractivity contribution in [2.45, 2.75) is 32.5 Å². The molecule has 0 aromatic heterocycles. The summed E-state index contributed by atoms with van der Waals surface area (Å²) in [6, 6.07) is 22.3. The van der Waals surface area contributed by atoms with Crippen molar-refractivity contribution in [3.05, 3.63) is 95.3 Å². The monoisotopic (exact) mass is 404 g/mol. The molecule has 1 heterocycles. The molecule has 1 aliphatic rings. The van der Waals surface area contributed by atoms with Gasteiger partial charge in [-0.1, -0.05) is 48.5 Å². The highest BCUT2D eigenvalue weighted by molar-refractivity contribution is 5.77. The fraction of sp³-hybridized carbons (Fsp3) is 0.240. The Morgan fingerprint density at radius 3 is 2.60 bits per heavy atom. The lowest BCUT2D eigenvalue weighted by atomic mass is 10.0. The standard InChI is InChI=1S/C25H25FN2O2/c1-18-7-12-23-24(13-18)30-17-22(28(23)16-20-8-10-21(26)11-9-20)14-25(29)27-15-19-5-3-2-4-6-19/h2-13,22H,14-17H2,1H3,(H,27,29)/t22-/m0/s1. The summed E-state index contributed by atoms with van der Waals surface area (Å²) in [5.41, 5.74) is 4.13. The number of amides is 1. The van der Waals surface area contributed by atoms with Gasteiger partial charge in [0.25, 0.3) is 0 Å². The van der Waals surface area contributed by atoms with E-state index in [-0.39, 0.29) is 17.8 Å². The molecule has 0 saturated heterocycles. The second-order valence-electron chi connectivity index (χ2n) is 7.66. The van der Waals surface area contributed by atoms with Crippen LogP contribution in [0.25, 0.3) is 0 Å². The molecule has 1 amide bonds. The highest BCUT2D eigenvalue weighted by Gasteiger charge is 2.29. The minimum absolute atomic E-state index is 0.0212. The molecule has 30 heavy (non-hydrogen) atoms. The van der Waals surface area contributed by atoms with Gasteiger partial charge in [0.05, 0.1) is 18.2 Å². The van der Waals surface area contributed by atoms with Crippen molar-refractivity contribution >= 4 is 11.6 Å². The van der Waals surface area contributed by atoms with E-state index < -0.39 is 0 Å². The van der Waals surface area contributed by atoms with Crippen molar-refractivity contribution in [3.63, 3.8) is 0 Å². The summed E-state index contributed by atoms with van der Waals surface area (Å²) in [6.45, 7) is 3.53. The van der Waals surface area contributed by atoms with Crippen LogP contribution in [0.15, 0.2) is 72.8 Å². The SMILES string of the molecule is Cc1ccc2c(c1)OC[C@H](CC(=O)NCc1ccccc1)N2Cc1ccc(F)cc1. The molecule has 1 N–H and O–H groups in total. The molecule has 1 aliphatic heterocycles. The number of carbonyl (C=O) groups excluding carboxylic acids is 1. The van der Waals surface area contributed by atoms with Crippen LogP contribution in [-0.4, -0.2) is 18.6 Å². The predicted molar refractivity (Wildman–Crippen MR) is 116 cm³/mol. The van der Waals surface area contributed by atoms with Crippen molar-refractivity contribution in [3.8, 4) is 5.75 Å². The van der Waals surface area contributed by atoms with Crippen LogP contribution in [0.4, 0.5) is 10.1 Å². The lowest BCUT2D eigenvalue weighted by molar-refractivity contribution is -0.121. The van der Waals surface area contributed by atoms with Crippen LogP contribution in [0.3, 0.4) is 0 Å². The number of rotatable bonds is 6. The number of hydrogen-bond donors (Lipinski definition) is 1. The number of carbonyl (C=O) groups is 1. The summed E-state index contributed by atoms with van der Waals surface area (Å²) in [5, 5.41) is 3.00. The van der Waals surface area contributed by atoms with Gasteiger partial charge in [-0.3, -0.25) is 4.79 Å². The zero-order valence-corrected chi connectivity index (χ0v) is 17.0. The topological polar surface area (TPSA) is 41.6 Å². The molecule has 3 aromatic carbocycles. The first kappa shape index (κ1) is 20.0. The Hall–Kier alpha value is -3.34. The zero-order chi connectivity index (χ0) is 20.9. The van der Waals surface area contributed by atoms with E-state index in [1.54, 1.807) is 12.1 Å². The van der Waals surface area contributed by atoms with Crippen LogP contribution < -0.4 is 15.0 Å². The molecular formula is C25H25FN2O2. The highest BCUT2D eigenvalue weighted by Crippen LogP contribution is 2.36. The van der Waals surface area contributed by atoms with Crippen molar-refractivity contribution < 1.29 is 13.9 Å². The third-order valence-electron chi connectivity index (χ3n) is 5.32. The van der Waals surface area contributed by atoms with Crippen LogP contribution in [-0.2, 0) is 17.9 Å². The zero-order valence-electron chi connectivity index (χ0n) is 17.0. The Morgan fingerprint density at radius 1 is 1.07 bits per heavy atom. The molecule has 0 spiro atoms. The van der Waals surface area contributed by atoms with E-state index in [4.69, 9.17) is 4.74 Å². The number of fused-ring (bicyclic) bond motifs is 1. The summed E-state index contributed by atoms with van der Waals surface area (Å²) in [4.78, 5) is 14.8. The van der Waals surface area contributed by atoms with E-state index in [0.29, 0.717) is 26.1 Å². The second-order valence-corrected chi connectivity index (χ2v) is 7.66. The number of aryl methyl sites for hydroxylation is 1. The molecule has 0 bridgehead atoms. The average Bonchev–Trinajstić information content (AvgIpc) is 2.76. The van der Waals surface area contributed by atoms with Crippen molar-refractivity contribution in [2.75, 3.05) is 11.5 Å². The summed E-state index contributed by atoms with van der Waals surface area (Å²) in [6.07, 6.45) is 0.321. The van der Waals surface area contributed by atoms with E-state index in [1.807, 2.05) is 55.5 Å². The molecule has 0 saturated carbocycles. The Morgan fingerprint density at radius 2 is 1.83 bits per heavy atom. The third kappa shape index (κ3) is 4.79. The number of benzene rings is 3. The normalized spacial score (nSPS) is 15.3. The maximum absolute atomic E-state index is 13.3. The number of nitrogens with zero attached hydrogens (tertiary/aromatic N) is 1. The van der Waals surface area contributed by atoms with E-state index in [2.05, 4.69) is 10.2 Å². The fourth-order valence-corrected chi connectivity index (χ4v) is 3.70. The van der Waals surface area contributed by atoms with Crippen molar-refractivity contribution in [1.29, 1.82) is 0 Å². The van der Waals surface area contributed by atoms with E-state index >= 15 is 0 Å². The lowest BCUT2D eigenvalue weighted by Crippen LogP contribution is -2.45. The Kier molecular flexibility index (Phi) is 5.98. The molecule has 0 fully saturated rings. The lowest BCUT2D eigenvalue weighted by Gasteiger charge is -2.38. The maximum Gasteiger partial charge on any atom is 0.222 e. The van der Waals surface area contributed by atoms with Gasteiger partial charge in [-0.15, -0.1) is 0 Å². The molecule has 4 nitrogen and oxygen atoms in total. The molecular weight excluding hydrogens is 379 g/mol. The Labute approximate surface area is 176 Å². The average molecular weight is 404 g/mol. The van der Waals surface area contributed by atoms with Gasteiger partial charge in [0.2, 0.25) is 5.91 Å². The van der Waals surface area contributed by atoms with Crippen LogP contribution in [0.5, 0.6) is 5.75 Å². The number of halogens is 1. The molecule has 0 aliphatic carbocycles. The summed E-state index contributed by atoms with van der Waals surface area (Å²) < 4.78 is 19.3. The van der Waals surface area contributed by atoms with Crippen LogP contribution in [0.1, 0.15) is 23.1 Å². The number of hydrogen-bond acceptors (Lipinski definition) is 3. The van der Waals surface area contributed by atoms with Gasteiger partial charge in [-0.2, -0.15) is 0 Å². The van der Waals surface area contributed by atoms with Gasteiger partial charge >= 0.3 is 0 Å². The predicted octanol–water partition coefficient (Wildman–Crippen LogP) is 4.61. The van der Waals surface area contributed by atoms with Crippen LogP contribution in [0, 0.1) is 12.7 Å². The van der Waals surface area contributed by atoms with Crippen molar-refractivity contribution in [1.82, 2.24) is 5.32 Å². The highest BCUT2D eigenvalue weighted by atomic mass is 19.1. The van der Waals surface area contributed by atoms with Crippen LogP contribution in [0.2, 0.25) is 0 Å². The quantitative estimate of drug-likeness (QED) is 0.652. The van der Waals surface area contributed by atoms with Gasteiger partial charge in [-0.25, -0.2) is 4.39 Å². The van der Waals surface area contributed by atoms with Gasteiger partial charge in [0, 0.05) is 13.1 Å². The first-order valence-electron chi connectivity index (χ1n) is 10.1. The first-order chi connectivity index (χ1) is 14.6. The summed E-state index contributed by atoms with van der Waals surface area (Å²) in [5.74, 6) is 0.541. The molecule has 1 atom stereocenters. The first-order valence-corrected chi connectivity index (χ1v) is 10.1. The van der Waals surface area contributed by atoms with E-state index in [0.717, 1.165) is 28.1 Å². The molecule has 0 unspecified atom stereocenters.